The number of amides is 1. The zero-order valence-corrected chi connectivity index (χ0v) is 9.50. The van der Waals surface area contributed by atoms with Gasteiger partial charge in [0.15, 0.2) is 0 Å². The summed E-state index contributed by atoms with van der Waals surface area (Å²) >= 11 is 0. The molecular weight excluding hydrogens is 188 g/mol. The molecule has 1 aromatic carbocycles. The summed E-state index contributed by atoms with van der Waals surface area (Å²) in [7, 11) is 1.76. The zero-order chi connectivity index (χ0) is 11.3. The highest BCUT2D eigenvalue weighted by Crippen LogP contribution is 2.18. The maximum absolute atomic E-state index is 11.5. The molecule has 0 aliphatic carbocycles. The molecule has 0 heterocycles. The molecule has 82 valence electrons. The lowest BCUT2D eigenvalue weighted by atomic mass is 9.94. The van der Waals surface area contributed by atoms with Crippen LogP contribution in [0.5, 0.6) is 0 Å². The van der Waals surface area contributed by atoms with Gasteiger partial charge in [0.05, 0.1) is 12.1 Å². The Labute approximate surface area is 90.9 Å². The molecule has 1 amide bonds. The average molecular weight is 206 g/mol. The van der Waals surface area contributed by atoms with Crippen molar-refractivity contribution in [1.29, 1.82) is 0 Å². The number of likely N-dealkylation sites (N-methyl/N-ethyl adjacent to an activating group) is 1. The molecule has 0 aliphatic rings. The minimum atomic E-state index is -0.324. The Morgan fingerprint density at radius 3 is 2.40 bits per heavy atom. The highest BCUT2D eigenvalue weighted by atomic mass is 16.2. The number of hydrogen-bond donors (Lipinski definition) is 2. The molecular formula is C12H18N2O. The van der Waals surface area contributed by atoms with E-state index < -0.39 is 0 Å². The molecule has 0 atom stereocenters. The summed E-state index contributed by atoms with van der Waals surface area (Å²) in [6.07, 6.45) is 0. The molecule has 3 nitrogen and oxygen atoms in total. The minimum absolute atomic E-state index is 0.00588. The summed E-state index contributed by atoms with van der Waals surface area (Å²) in [5, 5.41) is 5.80. The molecule has 1 rings (SSSR count). The van der Waals surface area contributed by atoms with E-state index in [0.717, 1.165) is 5.56 Å². The summed E-state index contributed by atoms with van der Waals surface area (Å²) in [6, 6.07) is 9.94. The van der Waals surface area contributed by atoms with E-state index in [2.05, 4.69) is 10.6 Å². The Morgan fingerprint density at radius 2 is 1.87 bits per heavy atom. The first-order valence-electron chi connectivity index (χ1n) is 5.07. The summed E-state index contributed by atoms with van der Waals surface area (Å²) in [4.78, 5) is 11.5. The normalized spacial score (nSPS) is 11.1. The third kappa shape index (κ3) is 3.36. The van der Waals surface area contributed by atoms with Crippen molar-refractivity contribution in [1.82, 2.24) is 10.6 Å². The smallest absolute Gasteiger partial charge is 0.234 e. The highest BCUT2D eigenvalue weighted by molar-refractivity contribution is 5.78. The van der Waals surface area contributed by atoms with Gasteiger partial charge in [-0.15, -0.1) is 0 Å². The minimum Gasteiger partial charge on any atom is -0.346 e. The van der Waals surface area contributed by atoms with Crippen molar-refractivity contribution in [3.05, 3.63) is 35.9 Å². The van der Waals surface area contributed by atoms with Crippen molar-refractivity contribution in [2.75, 3.05) is 13.6 Å². The maximum Gasteiger partial charge on any atom is 0.234 e. The second-order valence-electron chi connectivity index (χ2n) is 4.07. The fraction of sp³-hybridized carbons (Fsp3) is 0.417. The van der Waals surface area contributed by atoms with E-state index in [1.807, 2.05) is 44.2 Å². The van der Waals surface area contributed by atoms with Crippen LogP contribution in [0.1, 0.15) is 19.4 Å². The first kappa shape index (κ1) is 11.7. The van der Waals surface area contributed by atoms with Gasteiger partial charge in [-0.25, -0.2) is 0 Å². The second kappa shape index (κ2) is 4.94. The lowest BCUT2D eigenvalue weighted by Gasteiger charge is -2.26. The van der Waals surface area contributed by atoms with Crippen molar-refractivity contribution in [2.45, 2.75) is 19.4 Å². The van der Waals surface area contributed by atoms with Gasteiger partial charge < -0.3 is 10.6 Å². The van der Waals surface area contributed by atoms with Gasteiger partial charge in [-0.2, -0.15) is 0 Å². The molecule has 0 radical (unpaired) electrons. The van der Waals surface area contributed by atoms with Gasteiger partial charge in [0.25, 0.3) is 0 Å². The summed E-state index contributed by atoms with van der Waals surface area (Å²) in [5.41, 5.74) is 0.782. The third-order valence-electron chi connectivity index (χ3n) is 2.28. The molecule has 0 saturated heterocycles. The maximum atomic E-state index is 11.5. The quantitative estimate of drug-likeness (QED) is 0.778. The zero-order valence-electron chi connectivity index (χ0n) is 9.50. The van der Waals surface area contributed by atoms with E-state index in [1.165, 1.54) is 0 Å². The van der Waals surface area contributed by atoms with Crippen LogP contribution >= 0.6 is 0 Å². The van der Waals surface area contributed by atoms with Crippen molar-refractivity contribution in [3.8, 4) is 0 Å². The third-order valence-corrected chi connectivity index (χ3v) is 2.28. The monoisotopic (exact) mass is 206 g/mol. The van der Waals surface area contributed by atoms with Gasteiger partial charge >= 0.3 is 0 Å². The predicted octanol–water partition coefficient (Wildman–Crippen LogP) is 1.26. The van der Waals surface area contributed by atoms with Gasteiger partial charge in [0.2, 0.25) is 5.91 Å². The molecule has 0 bridgehead atoms. The van der Waals surface area contributed by atoms with Crippen LogP contribution in [0.25, 0.3) is 0 Å². The second-order valence-corrected chi connectivity index (χ2v) is 4.07. The van der Waals surface area contributed by atoms with Crippen LogP contribution in [0.4, 0.5) is 0 Å². The SMILES string of the molecule is CNCC(=O)NC(C)(C)c1ccccc1. The van der Waals surface area contributed by atoms with Crippen LogP contribution in [0.15, 0.2) is 30.3 Å². The molecule has 3 heteroatoms. The number of nitrogens with one attached hydrogen (secondary N) is 2. The molecule has 1 aromatic rings. The van der Waals surface area contributed by atoms with E-state index in [1.54, 1.807) is 7.05 Å². The topological polar surface area (TPSA) is 41.1 Å². The number of rotatable bonds is 4. The van der Waals surface area contributed by atoms with Gasteiger partial charge in [0.1, 0.15) is 0 Å². The fourth-order valence-corrected chi connectivity index (χ4v) is 1.48. The lowest BCUT2D eigenvalue weighted by molar-refractivity contribution is -0.121. The number of benzene rings is 1. The largest absolute Gasteiger partial charge is 0.346 e. The Kier molecular flexibility index (Phi) is 3.86. The summed E-state index contributed by atoms with van der Waals surface area (Å²) < 4.78 is 0. The molecule has 0 unspecified atom stereocenters. The Hall–Kier alpha value is -1.35. The Bertz CT molecular complexity index is 320. The van der Waals surface area contributed by atoms with Crippen LogP contribution in [-0.4, -0.2) is 19.5 Å². The number of carbonyl (C=O) groups is 1. The summed E-state index contributed by atoms with van der Waals surface area (Å²) in [6.45, 7) is 4.34. The van der Waals surface area contributed by atoms with Crippen molar-refractivity contribution in [3.63, 3.8) is 0 Å². The van der Waals surface area contributed by atoms with Gasteiger partial charge in [-0.1, -0.05) is 30.3 Å². The summed E-state index contributed by atoms with van der Waals surface area (Å²) in [5.74, 6) is 0.00588. The predicted molar refractivity (Wildman–Crippen MR) is 61.5 cm³/mol. The molecule has 0 saturated carbocycles. The van der Waals surface area contributed by atoms with Crippen molar-refractivity contribution >= 4 is 5.91 Å². The van der Waals surface area contributed by atoms with Crippen LogP contribution in [0.2, 0.25) is 0 Å². The molecule has 0 spiro atoms. The Morgan fingerprint density at radius 1 is 1.27 bits per heavy atom. The van der Waals surface area contributed by atoms with Crippen molar-refractivity contribution in [2.24, 2.45) is 0 Å². The van der Waals surface area contributed by atoms with E-state index in [0.29, 0.717) is 6.54 Å². The highest BCUT2D eigenvalue weighted by Gasteiger charge is 2.21. The lowest BCUT2D eigenvalue weighted by Crippen LogP contribution is -2.44. The van der Waals surface area contributed by atoms with Gasteiger partial charge in [-0.3, -0.25) is 4.79 Å². The van der Waals surface area contributed by atoms with Crippen LogP contribution in [0, 0.1) is 0 Å². The van der Waals surface area contributed by atoms with Crippen molar-refractivity contribution < 1.29 is 4.79 Å². The standard InChI is InChI=1S/C12H18N2O/c1-12(2,14-11(15)9-13-3)10-7-5-4-6-8-10/h4-8,13H,9H2,1-3H3,(H,14,15). The van der Waals surface area contributed by atoms with Gasteiger partial charge in [-0.05, 0) is 26.5 Å². The molecule has 15 heavy (non-hydrogen) atoms. The van der Waals surface area contributed by atoms with E-state index >= 15 is 0 Å². The average Bonchev–Trinajstić information content (AvgIpc) is 2.18. The first-order chi connectivity index (χ1) is 7.06. The van der Waals surface area contributed by atoms with Crippen LogP contribution < -0.4 is 10.6 Å². The van der Waals surface area contributed by atoms with Crippen LogP contribution in [0.3, 0.4) is 0 Å². The van der Waals surface area contributed by atoms with Crippen LogP contribution in [-0.2, 0) is 10.3 Å². The molecule has 2 N–H and O–H groups in total. The molecule has 0 aliphatic heterocycles. The number of hydrogen-bond acceptors (Lipinski definition) is 2. The molecule has 0 fully saturated rings. The van der Waals surface area contributed by atoms with E-state index in [4.69, 9.17) is 0 Å². The Balaban J connectivity index is 2.71. The first-order valence-corrected chi connectivity index (χ1v) is 5.07. The molecule has 0 aromatic heterocycles. The van der Waals surface area contributed by atoms with Gasteiger partial charge in [0, 0.05) is 0 Å². The van der Waals surface area contributed by atoms with E-state index in [-0.39, 0.29) is 11.4 Å². The van der Waals surface area contributed by atoms with E-state index in [9.17, 15) is 4.79 Å². The number of carbonyl (C=O) groups excluding carboxylic acids is 1. The fourth-order valence-electron chi connectivity index (χ4n) is 1.48.